The molecule has 0 bridgehead atoms. The van der Waals surface area contributed by atoms with Gasteiger partial charge in [0.25, 0.3) is 0 Å². The van der Waals surface area contributed by atoms with Gasteiger partial charge in [-0.25, -0.2) is 4.98 Å². The number of rotatable bonds is 5. The van der Waals surface area contributed by atoms with Gasteiger partial charge in [0.05, 0.1) is 0 Å². The van der Waals surface area contributed by atoms with Crippen molar-refractivity contribution in [2.45, 2.75) is 39.8 Å². The topological polar surface area (TPSA) is 27.1 Å². The van der Waals surface area contributed by atoms with Crippen molar-refractivity contribution in [1.82, 2.24) is 9.55 Å². The highest BCUT2D eigenvalue weighted by molar-refractivity contribution is 9.10. The lowest BCUT2D eigenvalue weighted by Gasteiger charge is -2.14. The Morgan fingerprint density at radius 1 is 1.37 bits per heavy atom. The van der Waals surface area contributed by atoms with Crippen LogP contribution in [0.5, 0.6) is 5.75 Å². The molecule has 0 amide bonds. The van der Waals surface area contributed by atoms with Gasteiger partial charge in [-0.15, -0.1) is 0 Å². The first-order valence-corrected chi connectivity index (χ1v) is 7.33. The van der Waals surface area contributed by atoms with E-state index in [4.69, 9.17) is 4.74 Å². The fraction of sp³-hybridized carbons (Fsp3) is 0.400. The van der Waals surface area contributed by atoms with Crippen molar-refractivity contribution in [2.24, 2.45) is 0 Å². The number of benzene rings is 1. The van der Waals surface area contributed by atoms with Gasteiger partial charge in [0.2, 0.25) is 0 Å². The molecule has 0 N–H and O–H groups in total. The molecular formula is C15H19BrN2O. The van der Waals surface area contributed by atoms with Gasteiger partial charge in [-0.3, -0.25) is 0 Å². The molecule has 4 heteroatoms. The monoisotopic (exact) mass is 322 g/mol. The molecule has 0 saturated carbocycles. The van der Waals surface area contributed by atoms with E-state index in [9.17, 15) is 0 Å². The van der Waals surface area contributed by atoms with E-state index < -0.39 is 0 Å². The van der Waals surface area contributed by atoms with Crippen LogP contribution >= 0.6 is 15.9 Å². The van der Waals surface area contributed by atoms with Crippen LogP contribution in [0.15, 0.2) is 35.1 Å². The average molecular weight is 323 g/mol. The minimum Gasteiger partial charge on any atom is -0.485 e. The Labute approximate surface area is 122 Å². The van der Waals surface area contributed by atoms with Gasteiger partial charge in [-0.05, 0) is 36.6 Å². The summed E-state index contributed by atoms with van der Waals surface area (Å²) in [6.45, 7) is 7.85. The van der Waals surface area contributed by atoms with Crippen LogP contribution in [0.2, 0.25) is 0 Å². The first-order chi connectivity index (χ1) is 9.11. The second-order valence-corrected chi connectivity index (χ2v) is 5.67. The first kappa shape index (κ1) is 14.1. The Hall–Kier alpha value is -1.29. The van der Waals surface area contributed by atoms with Gasteiger partial charge < -0.3 is 9.30 Å². The Balaban J connectivity index is 2.15. The van der Waals surface area contributed by atoms with E-state index in [1.165, 1.54) is 5.56 Å². The molecule has 1 aromatic heterocycles. The molecule has 0 saturated heterocycles. The lowest BCUT2D eigenvalue weighted by molar-refractivity contribution is 0.286. The minimum absolute atomic E-state index is 0.429. The fourth-order valence-electron chi connectivity index (χ4n) is 2.01. The number of hydrogen-bond donors (Lipinski definition) is 0. The maximum atomic E-state index is 5.94. The normalized spacial score (nSPS) is 11.0. The maximum Gasteiger partial charge on any atom is 0.146 e. The summed E-state index contributed by atoms with van der Waals surface area (Å²) in [4.78, 5) is 4.32. The van der Waals surface area contributed by atoms with E-state index in [-0.39, 0.29) is 0 Å². The summed E-state index contributed by atoms with van der Waals surface area (Å²) in [5.41, 5.74) is 1.21. The summed E-state index contributed by atoms with van der Waals surface area (Å²) in [6.07, 6.45) is 3.79. The quantitative estimate of drug-likeness (QED) is 0.817. The van der Waals surface area contributed by atoms with Gasteiger partial charge in [0, 0.05) is 23.4 Å². The Bertz CT molecular complexity index is 549. The molecule has 0 atom stereocenters. The highest BCUT2D eigenvalue weighted by Gasteiger charge is 2.10. The third-order valence-corrected chi connectivity index (χ3v) is 3.59. The van der Waals surface area contributed by atoms with Gasteiger partial charge in [-0.1, -0.05) is 29.8 Å². The summed E-state index contributed by atoms with van der Waals surface area (Å²) in [6, 6.07) is 6.14. The molecule has 1 heterocycles. The zero-order valence-electron chi connectivity index (χ0n) is 11.6. The van der Waals surface area contributed by atoms with Gasteiger partial charge in [0.15, 0.2) is 0 Å². The van der Waals surface area contributed by atoms with Crippen LogP contribution in [0.25, 0.3) is 0 Å². The molecule has 0 radical (unpaired) electrons. The summed E-state index contributed by atoms with van der Waals surface area (Å²) < 4.78 is 9.11. The van der Waals surface area contributed by atoms with Gasteiger partial charge in [0.1, 0.15) is 18.2 Å². The summed E-state index contributed by atoms with van der Waals surface area (Å²) in [5.74, 6) is 2.32. The number of hydrogen-bond acceptors (Lipinski definition) is 2. The molecule has 0 spiro atoms. The van der Waals surface area contributed by atoms with Crippen molar-refractivity contribution in [2.75, 3.05) is 0 Å². The Morgan fingerprint density at radius 2 is 2.16 bits per heavy atom. The Kier molecular flexibility index (Phi) is 4.64. The molecule has 1 aromatic carbocycles. The number of halogens is 1. The zero-order valence-corrected chi connectivity index (χ0v) is 13.1. The molecule has 0 unspecified atom stereocenters. The molecule has 0 aliphatic heterocycles. The van der Waals surface area contributed by atoms with E-state index in [2.05, 4.69) is 52.3 Å². The molecule has 2 rings (SSSR count). The van der Waals surface area contributed by atoms with Gasteiger partial charge >= 0.3 is 0 Å². The molecule has 3 nitrogen and oxygen atoms in total. The van der Waals surface area contributed by atoms with Crippen molar-refractivity contribution >= 4 is 15.9 Å². The lowest BCUT2D eigenvalue weighted by Crippen LogP contribution is -2.06. The standard InChI is InChI=1S/C15H19BrN2O/c1-4-18-8-7-17-15(18)10-19-14-6-5-12(16)9-13(14)11(2)3/h5-9,11H,4,10H2,1-3H3. The fourth-order valence-corrected chi connectivity index (χ4v) is 2.39. The minimum atomic E-state index is 0.429. The van der Waals surface area contributed by atoms with Crippen molar-refractivity contribution < 1.29 is 4.74 Å². The van der Waals surface area contributed by atoms with Crippen LogP contribution in [-0.2, 0) is 13.2 Å². The molecule has 2 aromatic rings. The van der Waals surface area contributed by atoms with E-state index in [0.717, 1.165) is 22.6 Å². The average Bonchev–Trinajstić information content (AvgIpc) is 2.84. The predicted molar refractivity (Wildman–Crippen MR) is 80.5 cm³/mol. The predicted octanol–water partition coefficient (Wildman–Crippen LogP) is 4.37. The number of aryl methyl sites for hydroxylation is 1. The van der Waals surface area contributed by atoms with Crippen LogP contribution in [0.4, 0.5) is 0 Å². The molecule has 0 aliphatic carbocycles. The van der Waals surface area contributed by atoms with Crippen LogP contribution < -0.4 is 4.74 Å². The van der Waals surface area contributed by atoms with E-state index in [1.807, 2.05) is 24.5 Å². The van der Waals surface area contributed by atoms with Crippen molar-refractivity contribution in [3.63, 3.8) is 0 Å². The first-order valence-electron chi connectivity index (χ1n) is 6.54. The summed E-state index contributed by atoms with van der Waals surface area (Å²) in [5, 5.41) is 0. The largest absolute Gasteiger partial charge is 0.485 e. The second-order valence-electron chi connectivity index (χ2n) is 4.76. The number of nitrogens with zero attached hydrogens (tertiary/aromatic N) is 2. The zero-order chi connectivity index (χ0) is 13.8. The third-order valence-electron chi connectivity index (χ3n) is 3.09. The van der Waals surface area contributed by atoms with E-state index in [0.29, 0.717) is 12.5 Å². The highest BCUT2D eigenvalue weighted by atomic mass is 79.9. The molecular weight excluding hydrogens is 304 g/mol. The SMILES string of the molecule is CCn1ccnc1COc1ccc(Br)cc1C(C)C. The number of aromatic nitrogens is 2. The molecule has 102 valence electrons. The lowest BCUT2D eigenvalue weighted by atomic mass is 10.0. The van der Waals surface area contributed by atoms with Crippen LogP contribution in [0.1, 0.15) is 38.1 Å². The summed E-state index contributed by atoms with van der Waals surface area (Å²) in [7, 11) is 0. The van der Waals surface area contributed by atoms with E-state index >= 15 is 0 Å². The summed E-state index contributed by atoms with van der Waals surface area (Å²) >= 11 is 3.51. The van der Waals surface area contributed by atoms with Crippen LogP contribution in [0, 0.1) is 0 Å². The number of ether oxygens (including phenoxy) is 1. The van der Waals surface area contributed by atoms with E-state index in [1.54, 1.807) is 0 Å². The van der Waals surface area contributed by atoms with Crippen LogP contribution in [-0.4, -0.2) is 9.55 Å². The molecule has 0 fully saturated rings. The maximum absolute atomic E-state index is 5.94. The number of imidazole rings is 1. The van der Waals surface area contributed by atoms with Crippen molar-refractivity contribution in [3.8, 4) is 5.75 Å². The smallest absolute Gasteiger partial charge is 0.146 e. The molecule has 0 aliphatic rings. The van der Waals surface area contributed by atoms with Crippen molar-refractivity contribution in [3.05, 3.63) is 46.5 Å². The third kappa shape index (κ3) is 3.38. The Morgan fingerprint density at radius 3 is 2.84 bits per heavy atom. The van der Waals surface area contributed by atoms with Crippen molar-refractivity contribution in [1.29, 1.82) is 0 Å². The van der Waals surface area contributed by atoms with Gasteiger partial charge in [-0.2, -0.15) is 0 Å². The highest BCUT2D eigenvalue weighted by Crippen LogP contribution is 2.30. The molecule has 19 heavy (non-hydrogen) atoms. The van der Waals surface area contributed by atoms with Crippen LogP contribution in [0.3, 0.4) is 0 Å². The second kappa shape index (κ2) is 6.24.